The van der Waals surface area contributed by atoms with Crippen LogP contribution in [0, 0.1) is 6.92 Å². The van der Waals surface area contributed by atoms with Gasteiger partial charge in [0, 0.05) is 18.1 Å². The van der Waals surface area contributed by atoms with E-state index in [-0.39, 0.29) is 16.9 Å². The van der Waals surface area contributed by atoms with E-state index >= 15 is 0 Å². The van der Waals surface area contributed by atoms with Crippen LogP contribution in [-0.2, 0) is 9.59 Å². The van der Waals surface area contributed by atoms with Crippen LogP contribution >= 0.6 is 11.6 Å². The molecule has 6 nitrogen and oxygen atoms in total. The fourth-order valence-electron chi connectivity index (χ4n) is 4.10. The van der Waals surface area contributed by atoms with Gasteiger partial charge in [0.1, 0.15) is 11.5 Å². The highest BCUT2D eigenvalue weighted by molar-refractivity contribution is 6.46. The van der Waals surface area contributed by atoms with E-state index in [0.29, 0.717) is 23.9 Å². The van der Waals surface area contributed by atoms with Gasteiger partial charge in [-0.05, 0) is 43.8 Å². The molecule has 1 aliphatic rings. The summed E-state index contributed by atoms with van der Waals surface area (Å²) >= 11 is 6.15. The molecule has 1 saturated heterocycles. The number of Topliss-reactive ketones (excluding diaryl/α,β-unsaturated/α-hetero) is 1. The molecular weight excluding hydrogens is 428 g/mol. The van der Waals surface area contributed by atoms with E-state index in [0.717, 1.165) is 24.2 Å². The number of rotatable bonds is 8. The van der Waals surface area contributed by atoms with Crippen molar-refractivity contribution in [2.75, 3.05) is 33.3 Å². The first-order chi connectivity index (χ1) is 15.3. The zero-order chi connectivity index (χ0) is 23.4. The van der Waals surface area contributed by atoms with Crippen molar-refractivity contribution in [2.24, 2.45) is 0 Å². The Morgan fingerprint density at radius 1 is 1.16 bits per heavy atom. The molecule has 2 aromatic rings. The summed E-state index contributed by atoms with van der Waals surface area (Å²) in [5.74, 6) is -1.26. The van der Waals surface area contributed by atoms with Gasteiger partial charge in [-0.15, -0.1) is 0 Å². The lowest BCUT2D eigenvalue weighted by molar-refractivity contribution is -0.140. The first kappa shape index (κ1) is 23.8. The van der Waals surface area contributed by atoms with Crippen molar-refractivity contribution in [3.05, 3.63) is 69.8 Å². The van der Waals surface area contributed by atoms with E-state index < -0.39 is 17.7 Å². The van der Waals surface area contributed by atoms with Gasteiger partial charge in [-0.1, -0.05) is 55.3 Å². The number of ether oxygens (including phenoxy) is 1. The summed E-state index contributed by atoms with van der Waals surface area (Å²) in [4.78, 5) is 30.0. The van der Waals surface area contributed by atoms with Crippen molar-refractivity contribution in [1.29, 1.82) is 0 Å². The molecule has 0 radical (unpaired) electrons. The zero-order valence-electron chi connectivity index (χ0n) is 18.9. The molecule has 1 amide bonds. The van der Waals surface area contributed by atoms with Crippen LogP contribution in [-0.4, -0.2) is 59.9 Å². The Morgan fingerprint density at radius 3 is 2.50 bits per heavy atom. The van der Waals surface area contributed by atoms with Crippen LogP contribution in [0.4, 0.5) is 0 Å². The highest BCUT2D eigenvalue weighted by atomic mass is 35.5. The van der Waals surface area contributed by atoms with Crippen LogP contribution in [0.25, 0.3) is 5.76 Å². The molecular formula is C25H29ClN2O4. The molecule has 1 unspecified atom stereocenters. The molecule has 1 atom stereocenters. The normalized spacial score (nSPS) is 17.9. The summed E-state index contributed by atoms with van der Waals surface area (Å²) in [5.41, 5.74) is 2.09. The van der Waals surface area contributed by atoms with E-state index in [1.54, 1.807) is 17.0 Å². The molecule has 0 aromatic heterocycles. The average molecular weight is 457 g/mol. The van der Waals surface area contributed by atoms with E-state index in [2.05, 4.69) is 18.7 Å². The molecule has 1 heterocycles. The third kappa shape index (κ3) is 4.66. The zero-order valence-corrected chi connectivity index (χ0v) is 19.6. The maximum atomic E-state index is 13.2. The number of aryl methyl sites for hydroxylation is 1. The minimum Gasteiger partial charge on any atom is -0.507 e. The second kappa shape index (κ2) is 10.2. The van der Waals surface area contributed by atoms with Gasteiger partial charge in [-0.3, -0.25) is 9.59 Å². The summed E-state index contributed by atoms with van der Waals surface area (Å²) in [7, 11) is 1.47. The smallest absolute Gasteiger partial charge is 0.295 e. The Labute approximate surface area is 194 Å². The molecule has 0 aliphatic carbocycles. The second-order valence-electron chi connectivity index (χ2n) is 7.78. The van der Waals surface area contributed by atoms with Gasteiger partial charge in [-0.2, -0.15) is 0 Å². The van der Waals surface area contributed by atoms with Crippen molar-refractivity contribution in [3.8, 4) is 5.75 Å². The number of aliphatic hydroxyl groups excluding tert-OH is 1. The van der Waals surface area contributed by atoms with E-state index in [1.165, 1.54) is 13.2 Å². The number of likely N-dealkylation sites (tertiary alicyclic amines) is 1. The van der Waals surface area contributed by atoms with Gasteiger partial charge in [-0.25, -0.2) is 0 Å². The molecule has 7 heteroatoms. The summed E-state index contributed by atoms with van der Waals surface area (Å²) in [6.07, 6.45) is 0. The van der Waals surface area contributed by atoms with Crippen LogP contribution in [0.3, 0.4) is 0 Å². The van der Waals surface area contributed by atoms with Crippen molar-refractivity contribution in [3.63, 3.8) is 0 Å². The van der Waals surface area contributed by atoms with E-state index in [4.69, 9.17) is 16.3 Å². The highest BCUT2D eigenvalue weighted by Crippen LogP contribution is 2.41. The first-order valence-corrected chi connectivity index (χ1v) is 11.1. The minimum atomic E-state index is -0.712. The molecule has 0 bridgehead atoms. The predicted octanol–water partition coefficient (Wildman–Crippen LogP) is 4.42. The fraction of sp³-hybridized carbons (Fsp3) is 0.360. The quantitative estimate of drug-likeness (QED) is 0.361. The van der Waals surface area contributed by atoms with Gasteiger partial charge < -0.3 is 19.6 Å². The van der Waals surface area contributed by atoms with Crippen molar-refractivity contribution < 1.29 is 19.4 Å². The van der Waals surface area contributed by atoms with E-state index in [9.17, 15) is 14.7 Å². The van der Waals surface area contributed by atoms with Gasteiger partial charge in [0.15, 0.2) is 0 Å². The molecule has 0 spiro atoms. The number of nitrogens with zero attached hydrogens (tertiary/aromatic N) is 2. The molecule has 2 aromatic carbocycles. The van der Waals surface area contributed by atoms with Crippen molar-refractivity contribution >= 4 is 29.1 Å². The number of hydrogen-bond acceptors (Lipinski definition) is 5. The molecule has 0 saturated carbocycles. The third-order valence-electron chi connectivity index (χ3n) is 5.87. The highest BCUT2D eigenvalue weighted by Gasteiger charge is 2.46. The first-order valence-electron chi connectivity index (χ1n) is 10.7. The number of methoxy groups -OCH3 is 1. The number of amides is 1. The lowest BCUT2D eigenvalue weighted by Crippen LogP contribution is -2.38. The number of likely N-dealkylation sites (N-methyl/N-ethyl adjacent to an activating group) is 1. The SMILES string of the molecule is CCN(CC)CCN1C(=O)C(=O)/C(=C(/O)c2cc(Cl)ccc2OC)C1c1cccc(C)c1. The summed E-state index contributed by atoms with van der Waals surface area (Å²) < 4.78 is 5.37. The van der Waals surface area contributed by atoms with Crippen LogP contribution in [0.15, 0.2) is 48.0 Å². The van der Waals surface area contributed by atoms with Gasteiger partial charge in [0.25, 0.3) is 11.7 Å². The number of carbonyl (C=O) groups excluding carboxylic acids is 2. The number of carbonyl (C=O) groups is 2. The van der Waals surface area contributed by atoms with Gasteiger partial charge in [0.05, 0.1) is 24.3 Å². The Balaban J connectivity index is 2.17. The minimum absolute atomic E-state index is 0.0423. The maximum absolute atomic E-state index is 13.2. The molecule has 1 N–H and O–H groups in total. The number of benzene rings is 2. The van der Waals surface area contributed by atoms with Crippen LogP contribution in [0.5, 0.6) is 5.75 Å². The summed E-state index contributed by atoms with van der Waals surface area (Å²) in [5, 5.41) is 11.6. The number of halogens is 1. The van der Waals surface area contributed by atoms with Gasteiger partial charge in [0.2, 0.25) is 0 Å². The summed E-state index contributed by atoms with van der Waals surface area (Å²) in [6, 6.07) is 11.7. The largest absolute Gasteiger partial charge is 0.507 e. The maximum Gasteiger partial charge on any atom is 0.295 e. The predicted molar refractivity (Wildman–Crippen MR) is 126 cm³/mol. The lowest BCUT2D eigenvalue weighted by atomic mass is 9.94. The lowest BCUT2D eigenvalue weighted by Gasteiger charge is -2.28. The van der Waals surface area contributed by atoms with Crippen LogP contribution in [0.1, 0.15) is 36.6 Å². The Hall–Kier alpha value is -2.83. The standard InChI is InChI=1S/C25H29ClN2O4/c1-5-27(6-2)12-13-28-22(17-9-7-8-16(3)14-17)21(24(30)25(28)31)23(29)19-15-18(26)10-11-20(19)32-4/h7-11,14-15,22,29H,5-6,12-13H2,1-4H3/b23-21+. The van der Waals surface area contributed by atoms with Crippen molar-refractivity contribution in [2.45, 2.75) is 26.8 Å². The Bertz CT molecular complexity index is 1050. The molecule has 170 valence electrons. The molecule has 1 aliphatic heterocycles. The fourth-order valence-corrected chi connectivity index (χ4v) is 4.27. The van der Waals surface area contributed by atoms with Crippen LogP contribution < -0.4 is 4.74 Å². The molecule has 32 heavy (non-hydrogen) atoms. The summed E-state index contributed by atoms with van der Waals surface area (Å²) in [6.45, 7) is 8.75. The Morgan fingerprint density at radius 2 is 1.88 bits per heavy atom. The topological polar surface area (TPSA) is 70.1 Å². The average Bonchev–Trinajstić information content (AvgIpc) is 3.04. The molecule has 1 fully saturated rings. The van der Waals surface area contributed by atoms with Gasteiger partial charge >= 0.3 is 0 Å². The molecule has 3 rings (SSSR count). The second-order valence-corrected chi connectivity index (χ2v) is 8.21. The Kier molecular flexibility index (Phi) is 7.59. The number of hydrogen-bond donors (Lipinski definition) is 1. The number of ketones is 1. The monoisotopic (exact) mass is 456 g/mol. The van der Waals surface area contributed by atoms with E-state index in [1.807, 2.05) is 31.2 Å². The number of aliphatic hydroxyl groups is 1. The third-order valence-corrected chi connectivity index (χ3v) is 6.10. The van der Waals surface area contributed by atoms with Crippen LogP contribution in [0.2, 0.25) is 5.02 Å². The van der Waals surface area contributed by atoms with Crippen molar-refractivity contribution in [1.82, 2.24) is 9.80 Å².